The minimum absolute atomic E-state index is 0.00665. The molecule has 1 fully saturated rings. The van der Waals surface area contributed by atoms with Gasteiger partial charge in [-0.05, 0) is 76.4 Å². The molecule has 6 heteroatoms. The van der Waals surface area contributed by atoms with E-state index in [2.05, 4.69) is 10.0 Å². The first-order chi connectivity index (χ1) is 11.3. The highest BCUT2D eigenvalue weighted by atomic mass is 32.2. The minimum Gasteiger partial charge on any atom is -0.598 e. The van der Waals surface area contributed by atoms with Crippen molar-refractivity contribution in [2.24, 2.45) is 5.41 Å². The average Bonchev–Trinajstić information content (AvgIpc) is 2.79. The summed E-state index contributed by atoms with van der Waals surface area (Å²) in [6, 6.07) is 3.30. The van der Waals surface area contributed by atoms with Gasteiger partial charge in [0.05, 0.1) is 13.2 Å². The second kappa shape index (κ2) is 6.48. The molecular formula is C18H27FN2O2S. The molecular weight excluding hydrogens is 327 g/mol. The van der Waals surface area contributed by atoms with Crippen molar-refractivity contribution >= 4 is 11.4 Å². The number of ether oxygens (including phenoxy) is 1. The Bertz CT molecular complexity index is 612. The lowest BCUT2D eigenvalue weighted by atomic mass is 9.73. The first-order valence-corrected chi connectivity index (χ1v) is 9.67. The van der Waals surface area contributed by atoms with Crippen LogP contribution in [-0.4, -0.2) is 29.5 Å². The van der Waals surface area contributed by atoms with Crippen LogP contribution < -0.4 is 14.8 Å². The Kier molecular flexibility index (Phi) is 4.86. The van der Waals surface area contributed by atoms with Gasteiger partial charge in [0.1, 0.15) is 4.75 Å². The van der Waals surface area contributed by atoms with Gasteiger partial charge in [-0.1, -0.05) is 0 Å². The van der Waals surface area contributed by atoms with Crippen molar-refractivity contribution < 1.29 is 13.7 Å². The Morgan fingerprint density at radius 3 is 2.58 bits per heavy atom. The van der Waals surface area contributed by atoms with E-state index in [-0.39, 0.29) is 27.8 Å². The van der Waals surface area contributed by atoms with Gasteiger partial charge in [0, 0.05) is 16.8 Å². The quantitative estimate of drug-likeness (QED) is 0.820. The Morgan fingerprint density at radius 2 is 2.00 bits per heavy atom. The van der Waals surface area contributed by atoms with E-state index in [9.17, 15) is 8.94 Å². The van der Waals surface area contributed by atoms with Crippen LogP contribution in [0.5, 0.6) is 5.75 Å². The normalized spacial score (nSPS) is 24.0. The molecule has 2 aliphatic rings. The highest BCUT2D eigenvalue weighted by molar-refractivity contribution is 7.90. The summed E-state index contributed by atoms with van der Waals surface area (Å²) >= 11 is -1.20. The molecule has 0 unspecified atom stereocenters. The third-order valence-corrected chi connectivity index (χ3v) is 6.82. The van der Waals surface area contributed by atoms with Crippen LogP contribution in [0.15, 0.2) is 12.1 Å². The molecule has 0 radical (unpaired) electrons. The molecule has 134 valence electrons. The molecule has 24 heavy (non-hydrogen) atoms. The lowest BCUT2D eigenvalue weighted by Gasteiger charge is -2.40. The standard InChI is InChI=1S/C18H27FN2O2S/c1-17(2,3)24(22)21-16-13-10-14(19)15(23-4)9-12(13)11-18(16)5-7-20-8-6-18/h9-10,16,20-21H,5-8,11H2,1-4H3/t16-,24-/m1/s1. The van der Waals surface area contributed by atoms with Gasteiger partial charge in [0.2, 0.25) is 0 Å². The van der Waals surface area contributed by atoms with Gasteiger partial charge in [-0.2, -0.15) is 0 Å². The zero-order valence-electron chi connectivity index (χ0n) is 14.9. The van der Waals surface area contributed by atoms with E-state index in [1.54, 1.807) is 6.07 Å². The minimum atomic E-state index is -1.20. The molecule has 1 saturated heterocycles. The van der Waals surface area contributed by atoms with Crippen molar-refractivity contribution in [3.05, 3.63) is 29.1 Å². The van der Waals surface area contributed by atoms with E-state index >= 15 is 0 Å². The fourth-order valence-corrected chi connectivity index (χ4v) is 4.81. The van der Waals surface area contributed by atoms with E-state index < -0.39 is 11.4 Å². The third kappa shape index (κ3) is 3.17. The van der Waals surface area contributed by atoms with E-state index in [1.807, 2.05) is 26.8 Å². The van der Waals surface area contributed by atoms with Crippen LogP contribution in [0.2, 0.25) is 0 Å². The predicted molar refractivity (Wildman–Crippen MR) is 95.0 cm³/mol. The summed E-state index contributed by atoms with van der Waals surface area (Å²) < 4.78 is 35.2. The van der Waals surface area contributed by atoms with Crippen LogP contribution in [0.1, 0.15) is 50.8 Å². The van der Waals surface area contributed by atoms with Gasteiger partial charge in [-0.3, -0.25) is 0 Å². The first kappa shape index (κ1) is 18.0. The third-order valence-electron chi connectivity index (χ3n) is 5.26. The lowest BCUT2D eigenvalue weighted by Crippen LogP contribution is -2.48. The van der Waals surface area contributed by atoms with E-state index in [4.69, 9.17) is 4.74 Å². The molecule has 2 atom stereocenters. The number of methoxy groups -OCH3 is 1. The molecule has 2 N–H and O–H groups in total. The summed E-state index contributed by atoms with van der Waals surface area (Å²) in [6.07, 6.45) is 2.86. The van der Waals surface area contributed by atoms with Crippen LogP contribution in [0.25, 0.3) is 0 Å². The Balaban J connectivity index is 1.99. The fourth-order valence-electron chi connectivity index (χ4n) is 3.86. The SMILES string of the molecule is COc1cc2c(cc1F)[C@@H](N[S@+]([O-])C(C)(C)C)C1(CCNCC1)C2. The van der Waals surface area contributed by atoms with Gasteiger partial charge in [0.25, 0.3) is 0 Å². The van der Waals surface area contributed by atoms with Crippen molar-refractivity contribution in [1.29, 1.82) is 0 Å². The number of piperidine rings is 1. The Labute approximate surface area is 146 Å². The first-order valence-electron chi connectivity index (χ1n) is 8.52. The van der Waals surface area contributed by atoms with Gasteiger partial charge >= 0.3 is 0 Å². The fraction of sp³-hybridized carbons (Fsp3) is 0.667. The van der Waals surface area contributed by atoms with Crippen LogP contribution in [0.4, 0.5) is 4.39 Å². The zero-order chi connectivity index (χ0) is 17.5. The van der Waals surface area contributed by atoms with Crippen molar-refractivity contribution in [3.8, 4) is 5.75 Å². The molecule has 0 bridgehead atoms. The number of hydrogen-bond donors (Lipinski definition) is 2. The largest absolute Gasteiger partial charge is 0.598 e. The van der Waals surface area contributed by atoms with Crippen molar-refractivity contribution in [2.75, 3.05) is 20.2 Å². The summed E-state index contributed by atoms with van der Waals surface area (Å²) in [5, 5.41) is 3.40. The lowest BCUT2D eigenvalue weighted by molar-refractivity contribution is 0.163. The zero-order valence-corrected chi connectivity index (χ0v) is 15.7. The average molecular weight is 354 g/mol. The molecule has 1 spiro atoms. The molecule has 1 aliphatic heterocycles. The molecule has 0 aromatic heterocycles. The van der Waals surface area contributed by atoms with E-state index in [0.717, 1.165) is 43.5 Å². The van der Waals surface area contributed by atoms with Crippen molar-refractivity contribution in [1.82, 2.24) is 10.0 Å². The number of nitrogens with one attached hydrogen (secondary N) is 2. The summed E-state index contributed by atoms with van der Waals surface area (Å²) in [5.41, 5.74) is 2.04. The van der Waals surface area contributed by atoms with Crippen molar-refractivity contribution in [3.63, 3.8) is 0 Å². The van der Waals surface area contributed by atoms with E-state index in [1.165, 1.54) is 7.11 Å². The molecule has 1 heterocycles. The van der Waals surface area contributed by atoms with Crippen LogP contribution in [0, 0.1) is 11.2 Å². The number of benzene rings is 1. The maximum atomic E-state index is 14.3. The maximum Gasteiger partial charge on any atom is 0.165 e. The van der Waals surface area contributed by atoms with Crippen LogP contribution in [0.3, 0.4) is 0 Å². The van der Waals surface area contributed by atoms with Crippen LogP contribution in [-0.2, 0) is 17.8 Å². The monoisotopic (exact) mass is 354 g/mol. The second-order valence-corrected chi connectivity index (χ2v) is 9.90. The molecule has 1 aromatic carbocycles. The highest BCUT2D eigenvalue weighted by Gasteiger charge is 2.50. The summed E-state index contributed by atoms with van der Waals surface area (Å²) in [5.74, 6) is -0.0639. The molecule has 4 nitrogen and oxygen atoms in total. The topological polar surface area (TPSA) is 56.3 Å². The molecule has 0 saturated carbocycles. The number of rotatable bonds is 3. The van der Waals surface area contributed by atoms with Gasteiger partial charge in [0.15, 0.2) is 11.6 Å². The number of fused-ring (bicyclic) bond motifs is 1. The summed E-state index contributed by atoms with van der Waals surface area (Å²) in [6.45, 7) is 7.74. The maximum absolute atomic E-state index is 14.3. The molecule has 0 amide bonds. The second-order valence-electron chi connectivity index (χ2n) is 7.91. The summed E-state index contributed by atoms with van der Waals surface area (Å²) in [7, 11) is 1.49. The molecule has 1 aliphatic carbocycles. The van der Waals surface area contributed by atoms with Crippen molar-refractivity contribution in [2.45, 2.75) is 50.8 Å². The predicted octanol–water partition coefficient (Wildman–Crippen LogP) is 2.85. The molecule has 3 rings (SSSR count). The van der Waals surface area contributed by atoms with Gasteiger partial charge in [-0.25, -0.2) is 4.39 Å². The Morgan fingerprint density at radius 1 is 1.33 bits per heavy atom. The smallest absolute Gasteiger partial charge is 0.165 e. The number of hydrogen-bond acceptors (Lipinski definition) is 4. The van der Waals surface area contributed by atoms with E-state index in [0.29, 0.717) is 0 Å². The van der Waals surface area contributed by atoms with Gasteiger partial charge in [-0.15, -0.1) is 4.72 Å². The Hall–Kier alpha value is -0.820. The van der Waals surface area contributed by atoms with Gasteiger partial charge < -0.3 is 14.6 Å². The summed E-state index contributed by atoms with van der Waals surface area (Å²) in [4.78, 5) is 0. The highest BCUT2D eigenvalue weighted by Crippen LogP contribution is 2.52. The van der Waals surface area contributed by atoms with Crippen LogP contribution >= 0.6 is 0 Å². The molecule has 1 aromatic rings. The number of halogens is 1.